The van der Waals surface area contributed by atoms with Crippen LogP contribution in [0.3, 0.4) is 0 Å². The van der Waals surface area contributed by atoms with E-state index in [1.54, 1.807) is 0 Å². The highest BCUT2D eigenvalue weighted by Crippen LogP contribution is 2.37. The van der Waals surface area contributed by atoms with Crippen molar-refractivity contribution in [1.82, 2.24) is 0 Å². The molecule has 0 aromatic heterocycles. The molecular formula is C12H28OSi2. The Morgan fingerprint density at radius 2 is 1.07 bits per heavy atom. The zero-order valence-corrected chi connectivity index (χ0v) is 13.8. The highest BCUT2D eigenvalue weighted by Gasteiger charge is 2.34. The van der Waals surface area contributed by atoms with Gasteiger partial charge in [0.05, 0.1) is 0 Å². The van der Waals surface area contributed by atoms with Crippen LogP contribution in [-0.2, 0) is 4.12 Å². The minimum atomic E-state index is -0.663. The Morgan fingerprint density at radius 1 is 0.800 bits per heavy atom. The van der Waals surface area contributed by atoms with Crippen LogP contribution in [0.5, 0.6) is 0 Å². The summed E-state index contributed by atoms with van der Waals surface area (Å²) in [7, 11) is -1.33. The largest absolute Gasteiger partial charge is 0.455 e. The molecule has 0 aliphatic rings. The first-order valence-corrected chi connectivity index (χ1v) is 9.85. The summed E-state index contributed by atoms with van der Waals surface area (Å²) in [5.41, 5.74) is 0. The predicted octanol–water partition coefficient (Wildman–Crippen LogP) is 4.63. The summed E-state index contributed by atoms with van der Waals surface area (Å²) in [6, 6.07) is 0. The smallest absolute Gasteiger partial charge is 0.200 e. The van der Waals surface area contributed by atoms with E-state index in [1.165, 1.54) is 12.8 Å². The van der Waals surface area contributed by atoms with Gasteiger partial charge in [0.25, 0.3) is 0 Å². The maximum atomic E-state index is 6.37. The predicted molar refractivity (Wildman–Crippen MR) is 73.0 cm³/mol. The fourth-order valence-corrected chi connectivity index (χ4v) is 6.05. The lowest BCUT2D eigenvalue weighted by Crippen LogP contribution is -2.38. The van der Waals surface area contributed by atoms with E-state index in [0.29, 0.717) is 10.1 Å². The molecule has 0 saturated carbocycles. The Labute approximate surface area is 100 Å². The third-order valence-electron chi connectivity index (χ3n) is 3.98. The van der Waals surface area contributed by atoms with Gasteiger partial charge in [0.1, 0.15) is 0 Å². The zero-order valence-electron chi connectivity index (χ0n) is 11.8. The highest BCUT2D eigenvalue weighted by molar-refractivity contribution is 6.68. The molecule has 0 N–H and O–H groups in total. The quantitative estimate of drug-likeness (QED) is 0.619. The van der Waals surface area contributed by atoms with Gasteiger partial charge in [0.2, 0.25) is 18.1 Å². The van der Waals surface area contributed by atoms with Crippen LogP contribution in [0.2, 0.25) is 23.2 Å². The Morgan fingerprint density at radius 3 is 1.27 bits per heavy atom. The first kappa shape index (κ1) is 15.4. The van der Waals surface area contributed by atoms with Gasteiger partial charge in [-0.3, -0.25) is 0 Å². The molecule has 0 heterocycles. The average Bonchev–Trinajstić information content (AvgIpc) is 2.17. The van der Waals surface area contributed by atoms with Crippen LogP contribution in [0.25, 0.3) is 0 Å². The second kappa shape index (κ2) is 5.64. The molecule has 0 unspecified atom stereocenters. The van der Waals surface area contributed by atoms with Crippen molar-refractivity contribution >= 4 is 18.1 Å². The Hall–Kier alpha value is 0.394. The van der Waals surface area contributed by atoms with Gasteiger partial charge in [-0.05, 0) is 23.2 Å². The summed E-state index contributed by atoms with van der Waals surface area (Å²) in [5, 5.41) is 0.806. The molecule has 15 heavy (non-hydrogen) atoms. The highest BCUT2D eigenvalue weighted by atomic mass is 28.4. The second-order valence-corrected chi connectivity index (χ2v) is 11.4. The van der Waals surface area contributed by atoms with Crippen molar-refractivity contribution in [3.63, 3.8) is 0 Å². The lowest BCUT2D eigenvalue weighted by molar-refractivity contribution is 0.461. The maximum absolute atomic E-state index is 6.37. The summed E-state index contributed by atoms with van der Waals surface area (Å²) in [4.78, 5) is 0. The van der Waals surface area contributed by atoms with Gasteiger partial charge >= 0.3 is 0 Å². The third kappa shape index (κ3) is 4.41. The molecule has 0 atom stereocenters. The van der Waals surface area contributed by atoms with Crippen LogP contribution in [0.1, 0.15) is 54.4 Å². The molecule has 0 amide bonds. The van der Waals surface area contributed by atoms with E-state index < -0.39 is 18.1 Å². The molecule has 3 heteroatoms. The minimum Gasteiger partial charge on any atom is -0.455 e. The van der Waals surface area contributed by atoms with Gasteiger partial charge < -0.3 is 4.12 Å². The fraction of sp³-hybridized carbons (Fsp3) is 1.00. The van der Waals surface area contributed by atoms with Gasteiger partial charge in [-0.2, -0.15) is 0 Å². The van der Waals surface area contributed by atoms with E-state index in [0.717, 1.165) is 0 Å². The Balaban J connectivity index is 4.36. The van der Waals surface area contributed by atoms with Gasteiger partial charge in [-0.25, -0.2) is 0 Å². The van der Waals surface area contributed by atoms with E-state index >= 15 is 0 Å². The second-order valence-electron chi connectivity index (χ2n) is 5.69. The lowest BCUT2D eigenvalue weighted by atomic mass is 10.1. The first-order valence-electron chi connectivity index (χ1n) is 6.03. The summed E-state index contributed by atoms with van der Waals surface area (Å²) in [6.45, 7) is 18.6. The number of hydrogen-bond acceptors (Lipinski definition) is 1. The molecular weight excluding hydrogens is 216 g/mol. The molecule has 0 fully saturated rings. The van der Waals surface area contributed by atoms with Gasteiger partial charge in [-0.1, -0.05) is 54.4 Å². The van der Waals surface area contributed by atoms with Crippen LogP contribution in [0, 0.1) is 0 Å². The van der Waals surface area contributed by atoms with Crippen molar-refractivity contribution in [3.05, 3.63) is 0 Å². The van der Waals surface area contributed by atoms with E-state index in [-0.39, 0.29) is 0 Å². The van der Waals surface area contributed by atoms with Crippen molar-refractivity contribution in [3.8, 4) is 0 Å². The summed E-state index contributed by atoms with van der Waals surface area (Å²) in [5.74, 6) is 0. The number of rotatable bonds is 6. The maximum Gasteiger partial charge on any atom is 0.200 e. The van der Waals surface area contributed by atoms with Crippen molar-refractivity contribution in [1.29, 1.82) is 0 Å². The summed E-state index contributed by atoms with van der Waals surface area (Å²) in [6.07, 6.45) is 2.44. The van der Waals surface area contributed by atoms with Gasteiger partial charge in [0.15, 0.2) is 0 Å². The topological polar surface area (TPSA) is 9.23 Å². The molecule has 0 aliphatic heterocycles. The van der Waals surface area contributed by atoms with Crippen molar-refractivity contribution < 1.29 is 4.12 Å². The number of hydrogen-bond donors (Lipinski definition) is 0. The van der Waals surface area contributed by atoms with Crippen LogP contribution in [0.4, 0.5) is 0 Å². The molecule has 2 radical (unpaired) electrons. The minimum absolute atomic E-state index is 0.403. The van der Waals surface area contributed by atoms with Crippen LogP contribution < -0.4 is 0 Å². The third-order valence-corrected chi connectivity index (χ3v) is 10.9. The van der Waals surface area contributed by atoms with E-state index in [9.17, 15) is 0 Å². The van der Waals surface area contributed by atoms with Crippen LogP contribution in [-0.4, -0.2) is 18.1 Å². The van der Waals surface area contributed by atoms with Gasteiger partial charge in [-0.15, -0.1) is 0 Å². The standard InChI is InChI=1S/C12H28OSi2/c1-9-11(3,4)14(7)13-15(8)12(5,6)10-2/h9-10H2,1-8H3. The van der Waals surface area contributed by atoms with Crippen molar-refractivity contribution in [2.45, 2.75) is 77.6 Å². The van der Waals surface area contributed by atoms with E-state index in [1.807, 2.05) is 0 Å². The molecule has 0 spiro atoms. The SMILES string of the molecule is CCC(C)(C)[Si](C)O[Si](C)C(C)(C)CC. The lowest BCUT2D eigenvalue weighted by Gasteiger charge is -2.36. The van der Waals surface area contributed by atoms with Gasteiger partial charge in [0, 0.05) is 0 Å². The Bertz CT molecular complexity index is 170. The van der Waals surface area contributed by atoms with Crippen LogP contribution in [0.15, 0.2) is 0 Å². The molecule has 0 aliphatic carbocycles. The Kier molecular flexibility index (Phi) is 5.79. The summed E-state index contributed by atoms with van der Waals surface area (Å²) < 4.78 is 6.37. The molecule has 90 valence electrons. The fourth-order valence-electron chi connectivity index (χ4n) is 1.00. The van der Waals surface area contributed by atoms with Crippen molar-refractivity contribution in [2.75, 3.05) is 0 Å². The van der Waals surface area contributed by atoms with E-state index in [2.05, 4.69) is 54.6 Å². The molecule has 0 rings (SSSR count). The van der Waals surface area contributed by atoms with Crippen molar-refractivity contribution in [2.24, 2.45) is 0 Å². The first-order chi connectivity index (χ1) is 6.67. The van der Waals surface area contributed by atoms with Crippen LogP contribution >= 0.6 is 0 Å². The average molecular weight is 245 g/mol. The van der Waals surface area contributed by atoms with E-state index in [4.69, 9.17) is 4.12 Å². The molecule has 0 aromatic carbocycles. The molecule has 0 saturated heterocycles. The normalized spacial score (nSPS) is 14.0. The monoisotopic (exact) mass is 244 g/mol. The molecule has 0 aromatic rings. The zero-order chi connectivity index (χ0) is 12.3. The summed E-state index contributed by atoms with van der Waals surface area (Å²) >= 11 is 0. The molecule has 0 bridgehead atoms. The molecule has 1 nitrogen and oxygen atoms in total.